The first-order chi connectivity index (χ1) is 9.07. The molecule has 0 atom stereocenters. The van der Waals surface area contributed by atoms with Crippen LogP contribution in [0.5, 0.6) is 0 Å². The minimum atomic E-state index is -3.75. The quantitative estimate of drug-likeness (QED) is 0.549. The Bertz CT molecular complexity index is 779. The maximum atomic E-state index is 12.4. The number of sulfonamides is 1. The number of aromatic amines is 1. The van der Waals surface area contributed by atoms with Crippen molar-refractivity contribution in [1.29, 1.82) is 0 Å². The highest BCUT2D eigenvalue weighted by Crippen LogP contribution is 2.32. The van der Waals surface area contributed by atoms with E-state index in [1.54, 1.807) is 24.3 Å². The van der Waals surface area contributed by atoms with Crippen LogP contribution in [0, 0.1) is 0 Å². The van der Waals surface area contributed by atoms with Crippen LogP contribution < -0.4 is 4.31 Å². The average molecular weight is 278 g/mol. The lowest BCUT2D eigenvalue weighted by Crippen LogP contribution is -2.26. The molecule has 0 unspecified atom stereocenters. The van der Waals surface area contributed by atoms with Gasteiger partial charge < -0.3 is 5.21 Å². The minimum Gasteiger partial charge on any atom is -0.410 e. The fraction of sp³-hybridized carbons (Fsp3) is 0.0909. The normalized spacial score (nSPS) is 18.8. The number of nitrogens with zero attached hydrogens (tertiary/aromatic N) is 3. The average Bonchev–Trinajstić information content (AvgIpc) is 2.87. The number of para-hydroxylation sites is 1. The van der Waals surface area contributed by atoms with E-state index in [1.165, 1.54) is 13.2 Å². The third kappa shape index (κ3) is 1.46. The summed E-state index contributed by atoms with van der Waals surface area (Å²) in [6, 6.07) is 6.81. The standard InChI is InChI=1S/C11H10N4O3S/c1-15-9-5-3-2-4-7(9)10(14-16)8-6-12-13-11(8)19(15,17)18/h2-6,16H,1H3,(H,12,13)/b14-10+. The van der Waals surface area contributed by atoms with Gasteiger partial charge in [-0.2, -0.15) is 13.5 Å². The van der Waals surface area contributed by atoms with Crippen molar-refractivity contribution in [3.8, 4) is 0 Å². The number of benzene rings is 1. The van der Waals surface area contributed by atoms with Gasteiger partial charge in [0.05, 0.1) is 17.4 Å². The summed E-state index contributed by atoms with van der Waals surface area (Å²) in [5, 5.41) is 18.5. The number of nitrogens with one attached hydrogen (secondary N) is 1. The van der Waals surface area contributed by atoms with E-state index in [0.29, 0.717) is 11.3 Å². The van der Waals surface area contributed by atoms with E-state index >= 15 is 0 Å². The molecule has 0 fully saturated rings. The second-order valence-electron chi connectivity index (χ2n) is 4.05. The zero-order chi connectivity index (χ0) is 13.6. The van der Waals surface area contributed by atoms with E-state index in [9.17, 15) is 13.6 Å². The highest BCUT2D eigenvalue weighted by atomic mass is 32.2. The van der Waals surface area contributed by atoms with Crippen molar-refractivity contribution in [3.05, 3.63) is 41.6 Å². The summed E-state index contributed by atoms with van der Waals surface area (Å²) in [6.45, 7) is 0. The second kappa shape index (κ2) is 3.82. The third-order valence-corrected chi connectivity index (χ3v) is 4.82. The fourth-order valence-electron chi connectivity index (χ4n) is 2.11. The van der Waals surface area contributed by atoms with Crippen molar-refractivity contribution in [1.82, 2.24) is 10.2 Å². The molecule has 0 saturated carbocycles. The Morgan fingerprint density at radius 2 is 2.05 bits per heavy atom. The number of aromatic nitrogens is 2. The van der Waals surface area contributed by atoms with E-state index in [0.717, 1.165) is 4.31 Å². The molecule has 7 nitrogen and oxygen atoms in total. The molecule has 0 aliphatic carbocycles. The summed E-state index contributed by atoms with van der Waals surface area (Å²) in [5.74, 6) is 0. The summed E-state index contributed by atoms with van der Waals surface area (Å²) in [7, 11) is -2.30. The molecule has 0 spiro atoms. The largest absolute Gasteiger partial charge is 0.410 e. The number of fused-ring (bicyclic) bond motifs is 2. The molecule has 2 aromatic rings. The number of H-pyrrole nitrogens is 1. The summed E-state index contributed by atoms with van der Waals surface area (Å²) in [6.07, 6.45) is 1.33. The molecule has 8 heteroatoms. The Kier molecular flexibility index (Phi) is 2.36. The van der Waals surface area contributed by atoms with E-state index in [1.807, 2.05) is 0 Å². The van der Waals surface area contributed by atoms with Crippen LogP contribution in [0.1, 0.15) is 11.1 Å². The van der Waals surface area contributed by atoms with Crippen molar-refractivity contribution >= 4 is 21.4 Å². The van der Waals surface area contributed by atoms with Gasteiger partial charge >= 0.3 is 0 Å². The Hall–Kier alpha value is -2.35. The fourth-order valence-corrected chi connectivity index (χ4v) is 3.39. The van der Waals surface area contributed by atoms with E-state index in [2.05, 4.69) is 15.4 Å². The van der Waals surface area contributed by atoms with Crippen molar-refractivity contribution in [2.75, 3.05) is 11.4 Å². The third-order valence-electron chi connectivity index (χ3n) is 3.08. The van der Waals surface area contributed by atoms with E-state index < -0.39 is 10.0 Å². The Balaban J connectivity index is 2.46. The first-order valence-electron chi connectivity index (χ1n) is 5.41. The molecule has 1 aromatic heterocycles. The van der Waals surface area contributed by atoms with Crippen LogP contribution in [0.25, 0.3) is 0 Å². The predicted molar refractivity (Wildman–Crippen MR) is 68.0 cm³/mol. The van der Waals surface area contributed by atoms with Crippen molar-refractivity contribution in [2.45, 2.75) is 5.03 Å². The second-order valence-corrected chi connectivity index (χ2v) is 5.96. The number of anilines is 1. The molecule has 3 rings (SSSR count). The number of rotatable bonds is 0. The molecule has 98 valence electrons. The molecule has 2 heterocycles. The van der Waals surface area contributed by atoms with Gasteiger partial charge in [-0.25, -0.2) is 0 Å². The smallest absolute Gasteiger partial charge is 0.281 e. The number of hydrogen-bond donors (Lipinski definition) is 2. The van der Waals surface area contributed by atoms with Gasteiger partial charge in [-0.1, -0.05) is 23.4 Å². The summed E-state index contributed by atoms with van der Waals surface area (Å²) in [5.41, 5.74) is 1.39. The highest BCUT2D eigenvalue weighted by Gasteiger charge is 2.34. The predicted octanol–water partition coefficient (Wildman–Crippen LogP) is 0.775. The highest BCUT2D eigenvalue weighted by molar-refractivity contribution is 7.92. The zero-order valence-corrected chi connectivity index (χ0v) is 10.7. The Morgan fingerprint density at radius 1 is 1.32 bits per heavy atom. The van der Waals surface area contributed by atoms with Crippen LogP contribution in [0.2, 0.25) is 0 Å². The minimum absolute atomic E-state index is 0.0843. The van der Waals surface area contributed by atoms with Gasteiger partial charge in [-0.05, 0) is 6.07 Å². The van der Waals surface area contributed by atoms with Crippen LogP contribution in [0.3, 0.4) is 0 Å². The van der Waals surface area contributed by atoms with Crippen LogP contribution in [-0.4, -0.2) is 36.6 Å². The van der Waals surface area contributed by atoms with Gasteiger partial charge in [0, 0.05) is 12.6 Å². The van der Waals surface area contributed by atoms with Gasteiger partial charge in [0.2, 0.25) is 0 Å². The molecule has 0 bridgehead atoms. The van der Waals surface area contributed by atoms with Crippen molar-refractivity contribution in [2.24, 2.45) is 5.16 Å². The first kappa shape index (κ1) is 11.7. The molecule has 0 amide bonds. The lowest BCUT2D eigenvalue weighted by Gasteiger charge is -2.18. The Morgan fingerprint density at radius 3 is 2.79 bits per heavy atom. The van der Waals surface area contributed by atoms with Crippen LogP contribution in [0.15, 0.2) is 40.6 Å². The molecule has 0 radical (unpaired) electrons. The van der Waals surface area contributed by atoms with E-state index in [-0.39, 0.29) is 16.3 Å². The van der Waals surface area contributed by atoms with Gasteiger partial charge in [-0.3, -0.25) is 9.40 Å². The molecule has 1 aliphatic heterocycles. The van der Waals surface area contributed by atoms with Crippen molar-refractivity contribution in [3.63, 3.8) is 0 Å². The summed E-state index contributed by atoms with van der Waals surface area (Å²) >= 11 is 0. The Labute approximate surface area is 109 Å². The van der Waals surface area contributed by atoms with Crippen LogP contribution in [0.4, 0.5) is 5.69 Å². The number of hydrogen-bond acceptors (Lipinski definition) is 5. The van der Waals surface area contributed by atoms with Crippen molar-refractivity contribution < 1.29 is 13.6 Å². The van der Waals surface area contributed by atoms with Gasteiger partial charge in [0.15, 0.2) is 5.03 Å². The maximum Gasteiger partial charge on any atom is 0.281 e. The monoisotopic (exact) mass is 278 g/mol. The SMILES string of the molecule is CN1c2ccccc2/C(=N\O)c2cn[nH]c2S1(=O)=O. The molecule has 0 saturated heterocycles. The van der Waals surface area contributed by atoms with Crippen LogP contribution in [-0.2, 0) is 10.0 Å². The lowest BCUT2D eigenvalue weighted by atomic mass is 10.0. The molecule has 1 aromatic carbocycles. The number of oxime groups is 1. The van der Waals surface area contributed by atoms with Gasteiger partial charge in [-0.15, -0.1) is 0 Å². The maximum absolute atomic E-state index is 12.4. The van der Waals surface area contributed by atoms with Crippen LogP contribution >= 0.6 is 0 Å². The lowest BCUT2D eigenvalue weighted by molar-refractivity contribution is 0.319. The van der Waals surface area contributed by atoms with E-state index in [4.69, 9.17) is 0 Å². The van der Waals surface area contributed by atoms with Gasteiger partial charge in [0.1, 0.15) is 5.71 Å². The topological polar surface area (TPSA) is 98.6 Å². The first-order valence-corrected chi connectivity index (χ1v) is 6.85. The molecule has 1 aliphatic rings. The summed E-state index contributed by atoms with van der Waals surface area (Å²) < 4.78 is 26.0. The zero-order valence-electron chi connectivity index (χ0n) is 9.90. The molecular formula is C11H10N4O3S. The summed E-state index contributed by atoms with van der Waals surface area (Å²) in [4.78, 5) is 0. The molecular weight excluding hydrogens is 268 g/mol. The molecule has 2 N–H and O–H groups in total. The molecule has 19 heavy (non-hydrogen) atoms. The van der Waals surface area contributed by atoms with Gasteiger partial charge in [0.25, 0.3) is 10.0 Å².